The molecular formula is C12H14N2O2S. The topological polar surface area (TPSA) is 54.4 Å². The van der Waals surface area contributed by atoms with Crippen LogP contribution in [0.25, 0.3) is 0 Å². The number of nitrogens with one attached hydrogen (secondary N) is 1. The summed E-state index contributed by atoms with van der Waals surface area (Å²) in [6.45, 7) is 1.97. The SMILES string of the molecule is COc1ccc(O)c(C(C)Nc2nccs2)c1. The summed E-state index contributed by atoms with van der Waals surface area (Å²) in [7, 11) is 1.61. The Bertz CT molecular complexity index is 485. The zero-order valence-corrected chi connectivity index (χ0v) is 10.5. The summed E-state index contributed by atoms with van der Waals surface area (Å²) in [6.07, 6.45) is 1.74. The van der Waals surface area contributed by atoms with Gasteiger partial charge in [-0.2, -0.15) is 0 Å². The summed E-state index contributed by atoms with van der Waals surface area (Å²) in [5, 5.41) is 15.8. The van der Waals surface area contributed by atoms with Crippen molar-refractivity contribution in [1.82, 2.24) is 4.98 Å². The second-order valence-corrected chi connectivity index (χ2v) is 4.52. The molecule has 1 unspecified atom stereocenters. The van der Waals surface area contributed by atoms with Gasteiger partial charge < -0.3 is 15.2 Å². The molecular weight excluding hydrogens is 236 g/mol. The maximum atomic E-state index is 9.82. The lowest BCUT2D eigenvalue weighted by Gasteiger charge is -2.15. The number of rotatable bonds is 4. The van der Waals surface area contributed by atoms with Gasteiger partial charge in [0.05, 0.1) is 13.2 Å². The first kappa shape index (κ1) is 11.7. The highest BCUT2D eigenvalue weighted by molar-refractivity contribution is 7.13. The van der Waals surface area contributed by atoms with Crippen LogP contribution >= 0.6 is 11.3 Å². The lowest BCUT2D eigenvalue weighted by molar-refractivity contribution is 0.410. The van der Waals surface area contributed by atoms with Crippen LogP contribution in [0.15, 0.2) is 29.8 Å². The average molecular weight is 250 g/mol. The second kappa shape index (κ2) is 5.05. The Morgan fingerprint density at radius 3 is 2.94 bits per heavy atom. The van der Waals surface area contributed by atoms with Crippen molar-refractivity contribution >= 4 is 16.5 Å². The molecule has 2 N–H and O–H groups in total. The van der Waals surface area contributed by atoms with Crippen LogP contribution < -0.4 is 10.1 Å². The maximum Gasteiger partial charge on any atom is 0.183 e. The zero-order valence-electron chi connectivity index (χ0n) is 9.68. The number of anilines is 1. The number of aromatic hydroxyl groups is 1. The van der Waals surface area contributed by atoms with Gasteiger partial charge in [0.15, 0.2) is 5.13 Å². The monoisotopic (exact) mass is 250 g/mol. The molecule has 1 aromatic carbocycles. The molecule has 2 rings (SSSR count). The van der Waals surface area contributed by atoms with Gasteiger partial charge in [-0.25, -0.2) is 4.98 Å². The number of phenolic OH excluding ortho intramolecular Hbond substituents is 1. The largest absolute Gasteiger partial charge is 0.508 e. The van der Waals surface area contributed by atoms with E-state index in [0.717, 1.165) is 16.4 Å². The first-order valence-corrected chi connectivity index (χ1v) is 6.11. The third-order valence-corrected chi connectivity index (χ3v) is 3.18. The van der Waals surface area contributed by atoms with Crippen LogP contribution in [-0.2, 0) is 0 Å². The van der Waals surface area contributed by atoms with Crippen molar-refractivity contribution in [2.24, 2.45) is 0 Å². The van der Waals surface area contributed by atoms with E-state index in [0.29, 0.717) is 0 Å². The molecule has 1 atom stereocenters. The Labute approximate surface area is 104 Å². The molecule has 0 saturated heterocycles. The molecule has 1 aromatic heterocycles. The number of phenols is 1. The predicted octanol–water partition coefficient (Wildman–Crippen LogP) is 3.03. The molecule has 5 heteroatoms. The van der Waals surface area contributed by atoms with Crippen LogP contribution in [0.3, 0.4) is 0 Å². The van der Waals surface area contributed by atoms with Gasteiger partial charge in [0.2, 0.25) is 0 Å². The molecule has 0 aliphatic rings. The van der Waals surface area contributed by atoms with E-state index in [-0.39, 0.29) is 11.8 Å². The number of methoxy groups -OCH3 is 1. The number of hydrogen-bond acceptors (Lipinski definition) is 5. The van der Waals surface area contributed by atoms with Gasteiger partial charge in [0, 0.05) is 17.1 Å². The minimum Gasteiger partial charge on any atom is -0.508 e. The van der Waals surface area contributed by atoms with Crippen LogP contribution in [0.2, 0.25) is 0 Å². The number of aromatic nitrogens is 1. The van der Waals surface area contributed by atoms with E-state index in [2.05, 4.69) is 10.3 Å². The Kier molecular flexibility index (Phi) is 3.49. The van der Waals surface area contributed by atoms with E-state index in [9.17, 15) is 5.11 Å². The van der Waals surface area contributed by atoms with E-state index < -0.39 is 0 Å². The van der Waals surface area contributed by atoms with Crippen LogP contribution in [0.4, 0.5) is 5.13 Å². The summed E-state index contributed by atoms with van der Waals surface area (Å²) >= 11 is 1.53. The highest BCUT2D eigenvalue weighted by Crippen LogP contribution is 2.30. The van der Waals surface area contributed by atoms with Crippen LogP contribution in [0.1, 0.15) is 18.5 Å². The molecule has 0 aliphatic heterocycles. The number of thiazole rings is 1. The minimum atomic E-state index is -0.0313. The highest BCUT2D eigenvalue weighted by Gasteiger charge is 2.12. The smallest absolute Gasteiger partial charge is 0.183 e. The van der Waals surface area contributed by atoms with Gasteiger partial charge in [0.25, 0.3) is 0 Å². The van der Waals surface area contributed by atoms with Crippen molar-refractivity contribution in [3.8, 4) is 11.5 Å². The zero-order chi connectivity index (χ0) is 12.3. The standard InChI is InChI=1S/C12H14N2O2S/c1-8(14-12-13-5-6-17-12)10-7-9(16-2)3-4-11(10)15/h3-8,15H,1-2H3,(H,13,14). The molecule has 2 aromatic rings. The van der Waals surface area contributed by atoms with Gasteiger partial charge in [-0.3, -0.25) is 0 Å². The third kappa shape index (κ3) is 2.68. The molecule has 4 nitrogen and oxygen atoms in total. The first-order chi connectivity index (χ1) is 8.20. The maximum absolute atomic E-state index is 9.82. The lowest BCUT2D eigenvalue weighted by Crippen LogP contribution is -2.06. The quantitative estimate of drug-likeness (QED) is 0.875. The number of benzene rings is 1. The summed E-state index contributed by atoms with van der Waals surface area (Å²) < 4.78 is 5.14. The molecule has 0 aliphatic carbocycles. The van der Waals surface area contributed by atoms with Gasteiger partial charge in [-0.1, -0.05) is 0 Å². The van der Waals surface area contributed by atoms with Crippen molar-refractivity contribution in [1.29, 1.82) is 0 Å². The molecule has 0 bridgehead atoms. The van der Waals surface area contributed by atoms with Crippen LogP contribution in [-0.4, -0.2) is 17.2 Å². The molecule has 0 saturated carbocycles. The molecule has 0 radical (unpaired) electrons. The van der Waals surface area contributed by atoms with E-state index >= 15 is 0 Å². The van der Waals surface area contributed by atoms with Crippen molar-refractivity contribution in [3.05, 3.63) is 35.3 Å². The Morgan fingerprint density at radius 1 is 1.47 bits per heavy atom. The highest BCUT2D eigenvalue weighted by atomic mass is 32.1. The summed E-state index contributed by atoms with van der Waals surface area (Å²) in [5.74, 6) is 0.980. The van der Waals surface area contributed by atoms with Crippen molar-refractivity contribution in [2.75, 3.05) is 12.4 Å². The van der Waals surface area contributed by atoms with E-state index in [1.54, 1.807) is 25.4 Å². The van der Waals surface area contributed by atoms with Gasteiger partial charge in [0.1, 0.15) is 11.5 Å². The number of ether oxygens (including phenoxy) is 1. The molecule has 0 fully saturated rings. The molecule has 17 heavy (non-hydrogen) atoms. The molecule has 1 heterocycles. The fourth-order valence-corrected chi connectivity index (χ4v) is 2.18. The van der Waals surface area contributed by atoms with Crippen LogP contribution in [0, 0.1) is 0 Å². The summed E-state index contributed by atoms with van der Waals surface area (Å²) in [6, 6.07) is 5.15. The normalized spacial score (nSPS) is 12.1. The summed E-state index contributed by atoms with van der Waals surface area (Å²) in [5.41, 5.74) is 0.791. The third-order valence-electron chi connectivity index (χ3n) is 2.47. The lowest BCUT2D eigenvalue weighted by atomic mass is 10.1. The van der Waals surface area contributed by atoms with E-state index in [1.807, 2.05) is 18.4 Å². The Balaban J connectivity index is 2.20. The minimum absolute atomic E-state index is 0.0313. The molecule has 0 amide bonds. The predicted molar refractivity (Wildman–Crippen MR) is 68.8 cm³/mol. The Morgan fingerprint density at radius 2 is 2.29 bits per heavy atom. The number of nitrogens with zero attached hydrogens (tertiary/aromatic N) is 1. The fraction of sp³-hybridized carbons (Fsp3) is 0.250. The second-order valence-electron chi connectivity index (χ2n) is 3.63. The van der Waals surface area contributed by atoms with Crippen LogP contribution in [0.5, 0.6) is 11.5 Å². The van der Waals surface area contributed by atoms with Crippen molar-refractivity contribution in [3.63, 3.8) is 0 Å². The van der Waals surface area contributed by atoms with E-state index in [4.69, 9.17) is 4.74 Å². The molecule has 0 spiro atoms. The van der Waals surface area contributed by atoms with Gasteiger partial charge >= 0.3 is 0 Å². The van der Waals surface area contributed by atoms with Crippen molar-refractivity contribution in [2.45, 2.75) is 13.0 Å². The van der Waals surface area contributed by atoms with Crippen molar-refractivity contribution < 1.29 is 9.84 Å². The number of hydrogen-bond donors (Lipinski definition) is 2. The average Bonchev–Trinajstić information content (AvgIpc) is 2.82. The van der Waals surface area contributed by atoms with Gasteiger partial charge in [-0.15, -0.1) is 11.3 Å². The van der Waals surface area contributed by atoms with Gasteiger partial charge in [-0.05, 0) is 25.1 Å². The van der Waals surface area contributed by atoms with E-state index in [1.165, 1.54) is 11.3 Å². The molecule has 90 valence electrons. The fourth-order valence-electron chi connectivity index (χ4n) is 1.56. The first-order valence-electron chi connectivity index (χ1n) is 5.23. The Hall–Kier alpha value is -1.75. The summed E-state index contributed by atoms with van der Waals surface area (Å²) in [4.78, 5) is 4.15.